The maximum atomic E-state index is 14.7. The Labute approximate surface area is 159 Å². The summed E-state index contributed by atoms with van der Waals surface area (Å²) in [6.07, 6.45) is 1.13. The van der Waals surface area contributed by atoms with Gasteiger partial charge in [-0.25, -0.2) is 4.39 Å². The van der Waals surface area contributed by atoms with Gasteiger partial charge in [-0.1, -0.05) is 17.2 Å². The van der Waals surface area contributed by atoms with E-state index in [0.29, 0.717) is 0 Å². The van der Waals surface area contributed by atoms with Crippen molar-refractivity contribution in [3.05, 3.63) is 63.8 Å². The minimum absolute atomic E-state index is 0.0676. The van der Waals surface area contributed by atoms with E-state index in [0.717, 1.165) is 34.8 Å². The molecule has 3 rings (SSSR count). The van der Waals surface area contributed by atoms with Crippen LogP contribution in [0.2, 0.25) is 0 Å². The molecule has 0 aromatic heterocycles. The average Bonchev–Trinajstić information content (AvgIpc) is 2.68. The van der Waals surface area contributed by atoms with Gasteiger partial charge in [0.2, 0.25) is 0 Å². The van der Waals surface area contributed by atoms with E-state index in [1.807, 2.05) is 24.3 Å². The number of hydrogen-bond donors (Lipinski definition) is 0. The predicted molar refractivity (Wildman–Crippen MR) is 105 cm³/mol. The molecule has 0 spiro atoms. The minimum atomic E-state index is -0.509. The van der Waals surface area contributed by atoms with Gasteiger partial charge in [0.15, 0.2) is 11.6 Å². The van der Waals surface area contributed by atoms with Crippen LogP contribution < -0.4 is 9.47 Å². The van der Waals surface area contributed by atoms with E-state index < -0.39 is 5.82 Å². The van der Waals surface area contributed by atoms with Crippen molar-refractivity contribution in [2.75, 3.05) is 18.6 Å². The van der Waals surface area contributed by atoms with E-state index >= 15 is 0 Å². The van der Waals surface area contributed by atoms with Crippen molar-refractivity contribution in [2.24, 2.45) is 5.11 Å². The van der Waals surface area contributed by atoms with Gasteiger partial charge in [-0.15, -0.1) is 23.5 Å². The average molecular weight is 391 g/mol. The summed E-state index contributed by atoms with van der Waals surface area (Å²) in [5, 5.41) is 3.55. The third-order valence-electron chi connectivity index (χ3n) is 3.84. The monoisotopic (exact) mass is 391 g/mol. The SMILES string of the molecule is COc1ccc(COc2c(F)cc(N=[N+]=[N-])cc2C2SCCCS2)cc1. The molecule has 0 unspecified atom stereocenters. The Bertz CT molecular complexity index is 805. The van der Waals surface area contributed by atoms with Gasteiger partial charge in [0.05, 0.1) is 11.7 Å². The van der Waals surface area contributed by atoms with E-state index in [1.54, 1.807) is 36.7 Å². The Hall–Kier alpha value is -2.02. The summed E-state index contributed by atoms with van der Waals surface area (Å²) in [5.41, 5.74) is 10.6. The fraction of sp³-hybridized carbons (Fsp3) is 0.333. The van der Waals surface area contributed by atoms with Crippen molar-refractivity contribution in [2.45, 2.75) is 17.6 Å². The molecule has 1 aliphatic heterocycles. The molecule has 1 saturated heterocycles. The third kappa shape index (κ3) is 4.58. The standard InChI is InChI=1S/C18H18FN3O2S2/c1-23-14-5-3-12(4-6-14)11-24-17-15(18-25-7-2-8-26-18)9-13(21-22-20)10-16(17)19/h3-6,9-10,18H,2,7-8,11H2,1H3. The topological polar surface area (TPSA) is 67.2 Å². The second-order valence-corrected chi connectivity index (χ2v) is 8.32. The molecule has 0 saturated carbocycles. The Kier molecular flexibility index (Phi) is 6.55. The molecule has 0 aliphatic carbocycles. The number of thioether (sulfide) groups is 2. The van der Waals surface area contributed by atoms with Crippen LogP contribution >= 0.6 is 23.5 Å². The van der Waals surface area contributed by atoms with Crippen molar-refractivity contribution in [1.82, 2.24) is 0 Å². The molecule has 8 heteroatoms. The number of azide groups is 1. The van der Waals surface area contributed by atoms with Crippen molar-refractivity contribution in [1.29, 1.82) is 0 Å². The number of nitrogens with zero attached hydrogens (tertiary/aromatic N) is 3. The maximum absolute atomic E-state index is 14.7. The van der Waals surface area contributed by atoms with Crippen molar-refractivity contribution >= 4 is 29.2 Å². The fourth-order valence-electron chi connectivity index (χ4n) is 2.58. The lowest BCUT2D eigenvalue weighted by atomic mass is 10.2. The number of methoxy groups -OCH3 is 1. The van der Waals surface area contributed by atoms with Gasteiger partial charge >= 0.3 is 0 Å². The summed E-state index contributed by atoms with van der Waals surface area (Å²) >= 11 is 3.52. The molecule has 26 heavy (non-hydrogen) atoms. The third-order valence-corrected chi connectivity index (χ3v) is 6.82. The van der Waals surface area contributed by atoms with Gasteiger partial charge in [0, 0.05) is 16.2 Å². The van der Waals surface area contributed by atoms with Gasteiger partial charge in [-0.05, 0) is 53.3 Å². The summed E-state index contributed by atoms with van der Waals surface area (Å²) in [4.78, 5) is 2.76. The summed E-state index contributed by atoms with van der Waals surface area (Å²) < 4.78 is 25.7. The molecule has 2 aromatic carbocycles. The highest BCUT2D eigenvalue weighted by Crippen LogP contribution is 2.48. The van der Waals surface area contributed by atoms with E-state index in [2.05, 4.69) is 10.0 Å². The predicted octanol–water partition coefficient (Wildman–Crippen LogP) is 6.22. The summed E-state index contributed by atoms with van der Waals surface area (Å²) in [7, 11) is 1.61. The lowest BCUT2D eigenvalue weighted by Gasteiger charge is -2.24. The lowest BCUT2D eigenvalue weighted by molar-refractivity contribution is 0.287. The molecule has 136 valence electrons. The Balaban J connectivity index is 1.86. The van der Waals surface area contributed by atoms with Gasteiger partial charge in [0.1, 0.15) is 12.4 Å². The second-order valence-electron chi connectivity index (χ2n) is 5.60. The fourth-order valence-corrected chi connectivity index (χ4v) is 5.49. The highest BCUT2D eigenvalue weighted by molar-refractivity contribution is 8.16. The summed E-state index contributed by atoms with van der Waals surface area (Å²) in [6, 6.07) is 10.4. The molecule has 0 bridgehead atoms. The quantitative estimate of drug-likeness (QED) is 0.333. The highest BCUT2D eigenvalue weighted by atomic mass is 32.2. The van der Waals surface area contributed by atoms with Gasteiger partial charge < -0.3 is 9.47 Å². The molecule has 0 N–H and O–H groups in total. The first-order chi connectivity index (χ1) is 12.7. The second kappa shape index (κ2) is 9.07. The molecule has 1 heterocycles. The molecular weight excluding hydrogens is 373 g/mol. The molecule has 1 fully saturated rings. The first-order valence-electron chi connectivity index (χ1n) is 8.08. The van der Waals surface area contributed by atoms with Crippen LogP contribution in [-0.2, 0) is 6.61 Å². The maximum Gasteiger partial charge on any atom is 0.165 e. The van der Waals surface area contributed by atoms with Crippen molar-refractivity contribution in [3.8, 4) is 11.5 Å². The van der Waals surface area contributed by atoms with Crippen molar-refractivity contribution in [3.63, 3.8) is 0 Å². The molecule has 2 aromatic rings. The van der Waals surface area contributed by atoms with Crippen LogP contribution in [0.15, 0.2) is 41.5 Å². The number of halogens is 1. The van der Waals surface area contributed by atoms with E-state index in [1.165, 1.54) is 6.07 Å². The minimum Gasteiger partial charge on any atom is -0.497 e. The molecular formula is C18H18FN3O2S2. The number of benzene rings is 2. The van der Waals surface area contributed by atoms with Crippen LogP contribution in [0.5, 0.6) is 11.5 Å². The Morgan fingerprint density at radius 3 is 2.62 bits per heavy atom. The normalized spacial score (nSPS) is 14.5. The van der Waals surface area contributed by atoms with Crippen molar-refractivity contribution < 1.29 is 13.9 Å². The van der Waals surface area contributed by atoms with Crippen LogP contribution in [0, 0.1) is 5.82 Å². The zero-order valence-corrected chi connectivity index (χ0v) is 15.9. The van der Waals surface area contributed by atoms with E-state index in [-0.39, 0.29) is 22.6 Å². The van der Waals surface area contributed by atoms with Crippen LogP contribution in [0.4, 0.5) is 10.1 Å². The van der Waals surface area contributed by atoms with Gasteiger partial charge in [0.25, 0.3) is 0 Å². The molecule has 0 amide bonds. The Morgan fingerprint density at radius 2 is 1.96 bits per heavy atom. The molecule has 0 radical (unpaired) electrons. The molecule has 1 aliphatic rings. The van der Waals surface area contributed by atoms with Crippen LogP contribution in [0.1, 0.15) is 22.1 Å². The van der Waals surface area contributed by atoms with Crippen LogP contribution in [0.25, 0.3) is 10.4 Å². The molecule has 5 nitrogen and oxygen atoms in total. The van der Waals surface area contributed by atoms with Gasteiger partial charge in [-0.3, -0.25) is 0 Å². The smallest absolute Gasteiger partial charge is 0.165 e. The first kappa shape index (κ1) is 18.8. The van der Waals surface area contributed by atoms with E-state index in [9.17, 15) is 4.39 Å². The summed E-state index contributed by atoms with van der Waals surface area (Å²) in [6.45, 7) is 0.247. The largest absolute Gasteiger partial charge is 0.497 e. The highest BCUT2D eigenvalue weighted by Gasteiger charge is 2.24. The zero-order chi connectivity index (χ0) is 18.4. The zero-order valence-electron chi connectivity index (χ0n) is 14.2. The Morgan fingerprint density at radius 1 is 1.23 bits per heavy atom. The lowest BCUT2D eigenvalue weighted by Crippen LogP contribution is -2.06. The number of rotatable bonds is 6. The number of ether oxygens (including phenoxy) is 2. The number of hydrogen-bond acceptors (Lipinski definition) is 5. The molecule has 0 atom stereocenters. The van der Waals surface area contributed by atoms with Crippen LogP contribution in [0.3, 0.4) is 0 Å². The van der Waals surface area contributed by atoms with E-state index in [4.69, 9.17) is 15.0 Å². The van der Waals surface area contributed by atoms with Crippen LogP contribution in [-0.4, -0.2) is 18.6 Å². The summed E-state index contributed by atoms with van der Waals surface area (Å²) in [5.74, 6) is 2.51. The first-order valence-corrected chi connectivity index (χ1v) is 10.2. The van der Waals surface area contributed by atoms with Gasteiger partial charge in [-0.2, -0.15) is 0 Å².